The lowest BCUT2D eigenvalue weighted by molar-refractivity contribution is -0.142. The third-order valence-electron chi connectivity index (χ3n) is 2.16. The van der Waals surface area contributed by atoms with Crippen LogP contribution >= 0.6 is 0 Å². The van der Waals surface area contributed by atoms with Crippen molar-refractivity contribution in [1.82, 2.24) is 5.32 Å². The molecule has 0 saturated heterocycles. The molecule has 0 aromatic rings. The van der Waals surface area contributed by atoms with Gasteiger partial charge in [0.05, 0.1) is 11.8 Å². The molecule has 0 radical (unpaired) electrons. The molecule has 0 aliphatic carbocycles. The maximum absolute atomic E-state index is 11.4. The molecule has 0 aromatic carbocycles. The van der Waals surface area contributed by atoms with Crippen LogP contribution in [0.1, 0.15) is 19.8 Å². The van der Waals surface area contributed by atoms with Gasteiger partial charge in [-0.25, -0.2) is 13.2 Å². The summed E-state index contributed by atoms with van der Waals surface area (Å²) in [5.74, 6) is -2.00. The fourth-order valence-electron chi connectivity index (χ4n) is 1.09. The van der Waals surface area contributed by atoms with Crippen molar-refractivity contribution in [3.8, 4) is 0 Å². The number of carbonyl (C=O) groups is 2. The van der Waals surface area contributed by atoms with E-state index in [-0.39, 0.29) is 18.6 Å². The summed E-state index contributed by atoms with van der Waals surface area (Å²) in [4.78, 5) is 22.1. The van der Waals surface area contributed by atoms with Gasteiger partial charge < -0.3 is 16.2 Å². The number of hydrogen-bond acceptors (Lipinski definition) is 5. The molecule has 0 aliphatic rings. The zero-order chi connectivity index (χ0) is 13.6. The van der Waals surface area contributed by atoms with Gasteiger partial charge in [0.15, 0.2) is 0 Å². The zero-order valence-corrected chi connectivity index (χ0v) is 10.7. The first kappa shape index (κ1) is 15.9. The largest absolute Gasteiger partial charge is 0.480 e. The molecule has 0 saturated carbocycles. The molecule has 17 heavy (non-hydrogen) atoms. The number of carbonyl (C=O) groups excluding carboxylic acids is 1. The van der Waals surface area contributed by atoms with Gasteiger partial charge in [-0.3, -0.25) is 4.79 Å². The summed E-state index contributed by atoms with van der Waals surface area (Å²) in [7, 11) is -3.18. The fraction of sp³-hybridized carbons (Fsp3) is 0.778. The molecular weight excluding hydrogens is 248 g/mol. The molecular formula is C9H18N2O5S. The summed E-state index contributed by atoms with van der Waals surface area (Å²) in [5, 5.41) is 11.0. The highest BCUT2D eigenvalue weighted by atomic mass is 32.2. The minimum atomic E-state index is -3.18. The Bertz CT molecular complexity index is 379. The average Bonchev–Trinajstić information content (AvgIpc) is 2.20. The second-order valence-electron chi connectivity index (χ2n) is 3.83. The van der Waals surface area contributed by atoms with Gasteiger partial charge in [-0.2, -0.15) is 0 Å². The Kier molecular flexibility index (Phi) is 6.11. The Labute approximate surface area is 100 Å². The average molecular weight is 266 g/mol. The molecule has 100 valence electrons. The molecule has 7 nitrogen and oxygen atoms in total. The van der Waals surface area contributed by atoms with E-state index in [1.165, 1.54) is 0 Å². The first-order valence-corrected chi connectivity index (χ1v) is 7.20. The summed E-state index contributed by atoms with van der Waals surface area (Å²) < 4.78 is 21.7. The SMILES string of the molecule is CC[C@H](NC(=O)C(N)CCS(C)(=O)=O)C(=O)O. The van der Waals surface area contributed by atoms with Gasteiger partial charge in [-0.15, -0.1) is 0 Å². The van der Waals surface area contributed by atoms with E-state index < -0.39 is 33.8 Å². The lowest BCUT2D eigenvalue weighted by Gasteiger charge is -2.16. The highest BCUT2D eigenvalue weighted by Crippen LogP contribution is 1.97. The van der Waals surface area contributed by atoms with Crippen molar-refractivity contribution in [3.05, 3.63) is 0 Å². The van der Waals surface area contributed by atoms with Crippen molar-refractivity contribution < 1.29 is 23.1 Å². The second kappa shape index (κ2) is 6.55. The van der Waals surface area contributed by atoms with Crippen molar-refractivity contribution in [2.75, 3.05) is 12.0 Å². The number of amides is 1. The smallest absolute Gasteiger partial charge is 0.326 e. The Balaban J connectivity index is 4.27. The molecule has 8 heteroatoms. The van der Waals surface area contributed by atoms with Crippen LogP contribution in [-0.4, -0.2) is 49.5 Å². The predicted octanol–water partition coefficient (Wildman–Crippen LogP) is -1.27. The highest BCUT2D eigenvalue weighted by Gasteiger charge is 2.22. The molecule has 0 aliphatic heterocycles. The van der Waals surface area contributed by atoms with Crippen LogP contribution in [0.25, 0.3) is 0 Å². The van der Waals surface area contributed by atoms with Crippen LogP contribution in [0.4, 0.5) is 0 Å². The van der Waals surface area contributed by atoms with E-state index in [1.54, 1.807) is 6.92 Å². The van der Waals surface area contributed by atoms with Crippen molar-refractivity contribution in [3.63, 3.8) is 0 Å². The van der Waals surface area contributed by atoms with Crippen LogP contribution in [0.3, 0.4) is 0 Å². The number of nitrogens with one attached hydrogen (secondary N) is 1. The third-order valence-corrected chi connectivity index (χ3v) is 3.14. The zero-order valence-electron chi connectivity index (χ0n) is 9.84. The number of carboxylic acid groups (broad SMARTS) is 1. The molecule has 0 heterocycles. The number of carboxylic acids is 1. The molecule has 0 aromatic heterocycles. The Hall–Kier alpha value is -1.15. The summed E-state index contributed by atoms with van der Waals surface area (Å²) in [5.41, 5.74) is 5.46. The number of nitrogens with two attached hydrogens (primary N) is 1. The van der Waals surface area contributed by atoms with Gasteiger partial charge >= 0.3 is 5.97 Å². The van der Waals surface area contributed by atoms with E-state index in [4.69, 9.17) is 10.8 Å². The highest BCUT2D eigenvalue weighted by molar-refractivity contribution is 7.90. The van der Waals surface area contributed by atoms with Gasteiger partial charge in [0.1, 0.15) is 15.9 Å². The number of sulfone groups is 1. The first-order chi connectivity index (χ1) is 7.67. The van der Waals surface area contributed by atoms with E-state index in [2.05, 4.69) is 5.32 Å². The van der Waals surface area contributed by atoms with Crippen LogP contribution in [0, 0.1) is 0 Å². The minimum Gasteiger partial charge on any atom is -0.480 e. The van der Waals surface area contributed by atoms with E-state index >= 15 is 0 Å². The van der Waals surface area contributed by atoms with Gasteiger partial charge in [0.2, 0.25) is 5.91 Å². The van der Waals surface area contributed by atoms with Gasteiger partial charge in [0, 0.05) is 6.26 Å². The standard InChI is InChI=1S/C9H18N2O5S/c1-3-7(9(13)14)11-8(12)6(10)4-5-17(2,15)16/h6-7H,3-5,10H2,1-2H3,(H,11,12)(H,13,14)/t6?,7-/m0/s1. The predicted molar refractivity (Wildman–Crippen MR) is 62.2 cm³/mol. The van der Waals surface area contributed by atoms with E-state index in [1.807, 2.05) is 0 Å². The lowest BCUT2D eigenvalue weighted by Crippen LogP contribution is -2.48. The Morgan fingerprint density at radius 3 is 2.29 bits per heavy atom. The van der Waals surface area contributed by atoms with Crippen LogP contribution in [0.2, 0.25) is 0 Å². The normalized spacial score (nSPS) is 15.0. The summed E-state index contributed by atoms with van der Waals surface area (Å²) >= 11 is 0. The van der Waals surface area contributed by atoms with Crippen molar-refractivity contribution in [1.29, 1.82) is 0 Å². The fourth-order valence-corrected chi connectivity index (χ4v) is 1.77. The number of hydrogen-bond donors (Lipinski definition) is 3. The molecule has 0 spiro atoms. The quantitative estimate of drug-likeness (QED) is 0.527. The van der Waals surface area contributed by atoms with Crippen LogP contribution in [-0.2, 0) is 19.4 Å². The maximum atomic E-state index is 11.4. The van der Waals surface area contributed by atoms with Gasteiger partial charge in [0.25, 0.3) is 0 Å². The van der Waals surface area contributed by atoms with Crippen molar-refractivity contribution in [2.45, 2.75) is 31.8 Å². The molecule has 0 fully saturated rings. The molecule has 1 amide bonds. The molecule has 4 N–H and O–H groups in total. The van der Waals surface area contributed by atoms with Crippen LogP contribution in [0.15, 0.2) is 0 Å². The lowest BCUT2D eigenvalue weighted by atomic mass is 10.2. The Morgan fingerprint density at radius 2 is 1.94 bits per heavy atom. The summed E-state index contributed by atoms with van der Waals surface area (Å²) in [6.07, 6.45) is 1.25. The summed E-state index contributed by atoms with van der Waals surface area (Å²) in [6.45, 7) is 1.61. The first-order valence-electron chi connectivity index (χ1n) is 5.14. The maximum Gasteiger partial charge on any atom is 0.326 e. The summed E-state index contributed by atoms with van der Waals surface area (Å²) in [6, 6.07) is -2.01. The molecule has 0 bridgehead atoms. The molecule has 1 unspecified atom stereocenters. The minimum absolute atomic E-state index is 0.0271. The van der Waals surface area contributed by atoms with E-state index in [9.17, 15) is 18.0 Å². The van der Waals surface area contributed by atoms with Crippen LogP contribution < -0.4 is 11.1 Å². The van der Waals surface area contributed by atoms with Crippen molar-refractivity contribution >= 4 is 21.7 Å². The van der Waals surface area contributed by atoms with Crippen LogP contribution in [0.5, 0.6) is 0 Å². The molecule has 2 atom stereocenters. The molecule has 0 rings (SSSR count). The Morgan fingerprint density at radius 1 is 1.41 bits per heavy atom. The van der Waals surface area contributed by atoms with Gasteiger partial charge in [-0.05, 0) is 12.8 Å². The topological polar surface area (TPSA) is 127 Å². The number of aliphatic carboxylic acids is 1. The second-order valence-corrected chi connectivity index (χ2v) is 6.09. The van der Waals surface area contributed by atoms with Gasteiger partial charge in [-0.1, -0.05) is 6.92 Å². The monoisotopic (exact) mass is 266 g/mol. The van der Waals surface area contributed by atoms with Crippen molar-refractivity contribution in [2.24, 2.45) is 5.73 Å². The third kappa shape index (κ3) is 6.90. The van der Waals surface area contributed by atoms with E-state index in [0.717, 1.165) is 6.26 Å². The van der Waals surface area contributed by atoms with E-state index in [0.29, 0.717) is 0 Å². The number of rotatable bonds is 7.